The molecule has 1 saturated heterocycles. The summed E-state index contributed by atoms with van der Waals surface area (Å²) in [5.74, 6) is 1.65. The molecule has 5 heteroatoms. The van der Waals surface area contributed by atoms with E-state index in [1.807, 2.05) is 18.2 Å². The predicted octanol–water partition coefficient (Wildman–Crippen LogP) is 5.51. The molecule has 0 amide bonds. The van der Waals surface area contributed by atoms with Crippen LogP contribution in [0.25, 0.3) is 33.3 Å². The van der Waals surface area contributed by atoms with Crippen molar-refractivity contribution in [1.82, 2.24) is 4.57 Å². The molecule has 1 aliphatic heterocycles. The highest BCUT2D eigenvalue weighted by Crippen LogP contribution is 2.40. The Morgan fingerprint density at radius 1 is 1.06 bits per heavy atom. The van der Waals surface area contributed by atoms with Crippen molar-refractivity contribution >= 4 is 33.8 Å². The molecule has 3 heterocycles. The highest BCUT2D eigenvalue weighted by atomic mass is 16.3. The van der Waals surface area contributed by atoms with E-state index >= 15 is 0 Å². The maximum Gasteiger partial charge on any atom is 0.154 e. The second kappa shape index (κ2) is 7.52. The number of hydrogen-bond donors (Lipinski definition) is 1. The lowest BCUT2D eigenvalue weighted by Crippen LogP contribution is -2.39. The molecule has 2 N–H and O–H groups in total. The number of nitrogens with two attached hydrogens (primary N) is 1. The fourth-order valence-electron chi connectivity index (χ4n) is 5.10. The van der Waals surface area contributed by atoms with Gasteiger partial charge in [0.25, 0.3) is 0 Å². The summed E-state index contributed by atoms with van der Waals surface area (Å²) >= 11 is 0. The molecule has 164 valence electrons. The van der Waals surface area contributed by atoms with Gasteiger partial charge in [-0.1, -0.05) is 18.2 Å². The summed E-state index contributed by atoms with van der Waals surface area (Å²) in [5.41, 5.74) is 12.3. The predicted molar refractivity (Wildman–Crippen MR) is 129 cm³/mol. The van der Waals surface area contributed by atoms with E-state index < -0.39 is 0 Å². The van der Waals surface area contributed by atoms with Gasteiger partial charge in [0.2, 0.25) is 0 Å². The number of aryl methyl sites for hydroxylation is 1. The summed E-state index contributed by atoms with van der Waals surface area (Å²) in [4.78, 5) is 13.7. The summed E-state index contributed by atoms with van der Waals surface area (Å²) in [6, 6.07) is 15.1. The van der Waals surface area contributed by atoms with Crippen LogP contribution in [0.2, 0.25) is 0 Å². The number of piperidine rings is 1. The molecule has 0 spiro atoms. The lowest BCUT2D eigenvalue weighted by Gasteiger charge is -2.32. The number of furan rings is 1. The number of carbonyl (C=O) groups excluding carboxylic acids is 1. The normalized spacial score (nSPS) is 17.5. The van der Waals surface area contributed by atoms with Crippen molar-refractivity contribution in [2.75, 3.05) is 18.0 Å². The SMILES string of the molecule is Cc1c(-c2cc3ccc(N4CCC(N)CC4)cc3n2CC2CC2)oc2cc(C=O)ccc12. The topological polar surface area (TPSA) is 64.4 Å². The number of anilines is 1. The van der Waals surface area contributed by atoms with Crippen molar-refractivity contribution in [3.05, 3.63) is 53.6 Å². The van der Waals surface area contributed by atoms with E-state index in [1.165, 1.54) is 29.4 Å². The van der Waals surface area contributed by atoms with Gasteiger partial charge in [0, 0.05) is 53.3 Å². The van der Waals surface area contributed by atoms with Crippen LogP contribution in [0.5, 0.6) is 0 Å². The molecule has 2 aromatic heterocycles. The lowest BCUT2D eigenvalue weighted by molar-refractivity contribution is 0.112. The maximum absolute atomic E-state index is 11.2. The highest BCUT2D eigenvalue weighted by Gasteiger charge is 2.26. The molecular formula is C27H29N3O2. The number of benzene rings is 2. The zero-order chi connectivity index (χ0) is 21.8. The van der Waals surface area contributed by atoms with Crippen LogP contribution in [0.3, 0.4) is 0 Å². The van der Waals surface area contributed by atoms with Crippen molar-refractivity contribution in [1.29, 1.82) is 0 Å². The van der Waals surface area contributed by atoms with Crippen LogP contribution in [0, 0.1) is 12.8 Å². The van der Waals surface area contributed by atoms with Crippen LogP contribution in [0.1, 0.15) is 41.6 Å². The standard InChI is InChI=1S/C27H29N3O2/c1-17-23-7-4-19(16-31)12-26(23)32-27(17)25-13-20-5-6-22(29-10-8-21(28)9-11-29)14-24(20)30(25)15-18-2-3-18/h4-7,12-14,16,18,21H,2-3,8-11,15,28H2,1H3. The van der Waals surface area contributed by atoms with Crippen molar-refractivity contribution in [2.45, 2.75) is 45.2 Å². The first-order valence-corrected chi connectivity index (χ1v) is 11.7. The first-order valence-electron chi connectivity index (χ1n) is 11.7. The minimum Gasteiger partial charge on any atom is -0.454 e. The Balaban J connectivity index is 1.48. The first kappa shape index (κ1) is 19.6. The molecule has 4 aromatic rings. The molecule has 0 radical (unpaired) electrons. The maximum atomic E-state index is 11.2. The van der Waals surface area contributed by atoms with Crippen LogP contribution in [0.15, 0.2) is 46.9 Å². The van der Waals surface area contributed by atoms with Gasteiger partial charge in [0.05, 0.1) is 11.2 Å². The molecule has 0 bridgehead atoms. The molecular weight excluding hydrogens is 398 g/mol. The van der Waals surface area contributed by atoms with E-state index in [0.717, 1.165) is 72.7 Å². The molecule has 6 rings (SSSR count). The fraction of sp³-hybridized carbons (Fsp3) is 0.370. The van der Waals surface area contributed by atoms with Gasteiger partial charge in [-0.3, -0.25) is 4.79 Å². The second-order valence-electron chi connectivity index (χ2n) is 9.58. The lowest BCUT2D eigenvalue weighted by atomic mass is 10.1. The van der Waals surface area contributed by atoms with Gasteiger partial charge >= 0.3 is 0 Å². The van der Waals surface area contributed by atoms with Gasteiger partial charge in [0.15, 0.2) is 5.76 Å². The smallest absolute Gasteiger partial charge is 0.154 e. The average Bonchev–Trinajstić information content (AvgIpc) is 3.49. The minimum absolute atomic E-state index is 0.330. The third kappa shape index (κ3) is 3.32. The van der Waals surface area contributed by atoms with Gasteiger partial charge in [-0.15, -0.1) is 0 Å². The number of nitrogens with zero attached hydrogens (tertiary/aromatic N) is 2. The summed E-state index contributed by atoms with van der Waals surface area (Å²) in [6.45, 7) is 5.17. The molecule has 0 unspecified atom stereocenters. The largest absolute Gasteiger partial charge is 0.454 e. The van der Waals surface area contributed by atoms with Crippen LogP contribution < -0.4 is 10.6 Å². The monoisotopic (exact) mass is 427 g/mol. The van der Waals surface area contributed by atoms with Crippen LogP contribution in [0.4, 0.5) is 5.69 Å². The van der Waals surface area contributed by atoms with E-state index in [4.69, 9.17) is 10.2 Å². The van der Waals surface area contributed by atoms with Gasteiger partial charge in [-0.25, -0.2) is 0 Å². The van der Waals surface area contributed by atoms with Gasteiger partial charge in [0.1, 0.15) is 11.9 Å². The number of rotatable bonds is 5. The number of fused-ring (bicyclic) bond motifs is 2. The number of hydrogen-bond acceptors (Lipinski definition) is 4. The zero-order valence-electron chi connectivity index (χ0n) is 18.5. The summed E-state index contributed by atoms with van der Waals surface area (Å²) in [6.07, 6.45) is 5.56. The third-order valence-corrected chi connectivity index (χ3v) is 7.26. The summed E-state index contributed by atoms with van der Waals surface area (Å²) < 4.78 is 8.81. The molecule has 2 aliphatic rings. The summed E-state index contributed by atoms with van der Waals surface area (Å²) in [7, 11) is 0. The Kier molecular flexibility index (Phi) is 4.61. The Bertz CT molecular complexity index is 1320. The number of aromatic nitrogens is 1. The first-order chi connectivity index (χ1) is 15.6. The highest BCUT2D eigenvalue weighted by molar-refractivity contribution is 5.94. The van der Waals surface area contributed by atoms with E-state index in [1.54, 1.807) is 0 Å². The molecule has 32 heavy (non-hydrogen) atoms. The van der Waals surface area contributed by atoms with Crippen LogP contribution >= 0.6 is 0 Å². The fourth-order valence-corrected chi connectivity index (χ4v) is 5.10. The quantitative estimate of drug-likeness (QED) is 0.426. The van der Waals surface area contributed by atoms with E-state index in [-0.39, 0.29) is 0 Å². The molecule has 0 atom stereocenters. The van der Waals surface area contributed by atoms with Gasteiger partial charge < -0.3 is 19.6 Å². The van der Waals surface area contributed by atoms with Crippen molar-refractivity contribution < 1.29 is 9.21 Å². The van der Waals surface area contributed by atoms with E-state index in [9.17, 15) is 4.79 Å². The molecule has 5 nitrogen and oxygen atoms in total. The number of aldehydes is 1. The average molecular weight is 428 g/mol. The van der Waals surface area contributed by atoms with Crippen LogP contribution in [-0.4, -0.2) is 30.0 Å². The van der Waals surface area contributed by atoms with Gasteiger partial charge in [-0.2, -0.15) is 0 Å². The zero-order valence-corrected chi connectivity index (χ0v) is 18.5. The molecule has 1 saturated carbocycles. The Morgan fingerprint density at radius 2 is 1.88 bits per heavy atom. The molecule has 1 aliphatic carbocycles. The van der Waals surface area contributed by atoms with E-state index in [2.05, 4.69) is 40.7 Å². The Labute approximate surface area is 187 Å². The van der Waals surface area contributed by atoms with Crippen molar-refractivity contribution in [3.8, 4) is 11.5 Å². The van der Waals surface area contributed by atoms with Crippen molar-refractivity contribution in [3.63, 3.8) is 0 Å². The van der Waals surface area contributed by atoms with Crippen LogP contribution in [-0.2, 0) is 6.54 Å². The third-order valence-electron chi connectivity index (χ3n) is 7.26. The van der Waals surface area contributed by atoms with Gasteiger partial charge in [-0.05, 0) is 62.8 Å². The Hall–Kier alpha value is -3.05. The molecule has 2 aromatic carbocycles. The second-order valence-corrected chi connectivity index (χ2v) is 9.58. The van der Waals surface area contributed by atoms with Crippen molar-refractivity contribution in [2.24, 2.45) is 11.7 Å². The molecule has 2 fully saturated rings. The summed E-state index contributed by atoms with van der Waals surface area (Å²) in [5, 5.41) is 2.31. The number of carbonyl (C=O) groups is 1. The Morgan fingerprint density at radius 3 is 2.62 bits per heavy atom. The minimum atomic E-state index is 0.330. The van der Waals surface area contributed by atoms with E-state index in [0.29, 0.717) is 11.6 Å².